The first-order chi connectivity index (χ1) is 5.79. The number of carbonyl (C=O) groups excluding carboxylic acids is 1. The van der Waals surface area contributed by atoms with Gasteiger partial charge < -0.3 is 10.4 Å². The maximum atomic E-state index is 11.3. The van der Waals surface area contributed by atoms with Gasteiger partial charge in [-0.2, -0.15) is 0 Å². The van der Waals surface area contributed by atoms with Gasteiger partial charge in [-0.05, 0) is 5.41 Å². The number of nitrogens with one attached hydrogen (secondary N) is 1. The second kappa shape index (κ2) is 4.61. The number of hydrogen-bond donors (Lipinski definition) is 2. The van der Waals surface area contributed by atoms with Gasteiger partial charge in [-0.25, -0.2) is 0 Å². The van der Waals surface area contributed by atoms with Crippen molar-refractivity contribution >= 4 is 5.91 Å². The van der Waals surface area contributed by atoms with Crippen LogP contribution in [-0.4, -0.2) is 23.7 Å². The molecule has 0 heterocycles. The van der Waals surface area contributed by atoms with E-state index in [1.807, 2.05) is 34.6 Å². The van der Waals surface area contributed by atoms with Crippen molar-refractivity contribution in [1.29, 1.82) is 0 Å². The van der Waals surface area contributed by atoms with Crippen LogP contribution in [-0.2, 0) is 4.79 Å². The van der Waals surface area contributed by atoms with E-state index >= 15 is 0 Å². The molecule has 3 nitrogen and oxygen atoms in total. The summed E-state index contributed by atoms with van der Waals surface area (Å²) in [5.74, 6) is -0.0367. The average Bonchev–Trinajstić information content (AvgIpc) is 1.96. The van der Waals surface area contributed by atoms with Gasteiger partial charge >= 0.3 is 0 Å². The van der Waals surface area contributed by atoms with Crippen molar-refractivity contribution in [3.63, 3.8) is 0 Å². The highest BCUT2D eigenvalue weighted by Gasteiger charge is 2.25. The summed E-state index contributed by atoms with van der Waals surface area (Å²) in [7, 11) is 0. The monoisotopic (exact) mass is 187 g/mol. The first-order valence-corrected chi connectivity index (χ1v) is 4.70. The molecule has 0 unspecified atom stereocenters. The molecule has 1 amide bonds. The van der Waals surface area contributed by atoms with E-state index in [2.05, 4.69) is 5.32 Å². The lowest BCUT2D eigenvalue weighted by molar-refractivity contribution is -0.125. The summed E-state index contributed by atoms with van der Waals surface area (Å²) < 4.78 is 0. The second-order valence-electron chi connectivity index (χ2n) is 4.76. The molecule has 0 aliphatic rings. The predicted octanol–water partition coefficient (Wildman–Crippen LogP) is 1.17. The minimum atomic E-state index is -0.164. The van der Waals surface area contributed by atoms with Crippen molar-refractivity contribution in [1.82, 2.24) is 5.32 Å². The van der Waals surface area contributed by atoms with Gasteiger partial charge in [-0.3, -0.25) is 4.79 Å². The SMILES string of the molecule is CC(C)C(=O)N[C@H](CO)C(C)(C)C. The average molecular weight is 187 g/mol. The molecule has 3 heteroatoms. The fraction of sp³-hybridized carbons (Fsp3) is 0.900. The first-order valence-electron chi connectivity index (χ1n) is 4.70. The van der Waals surface area contributed by atoms with Gasteiger partial charge in [0.2, 0.25) is 5.91 Å². The normalized spacial score (nSPS) is 14.4. The van der Waals surface area contributed by atoms with Crippen LogP contribution in [0.2, 0.25) is 0 Å². The summed E-state index contributed by atoms with van der Waals surface area (Å²) in [6.45, 7) is 9.65. The molecular weight excluding hydrogens is 166 g/mol. The molecular formula is C10H21NO2. The Labute approximate surface area is 80.5 Å². The Morgan fingerprint density at radius 1 is 1.38 bits per heavy atom. The summed E-state index contributed by atoms with van der Waals surface area (Å²) in [6, 6.07) is -0.164. The molecule has 78 valence electrons. The van der Waals surface area contributed by atoms with Crippen molar-refractivity contribution in [2.45, 2.75) is 40.7 Å². The van der Waals surface area contributed by atoms with E-state index in [-0.39, 0.29) is 29.9 Å². The lowest BCUT2D eigenvalue weighted by Gasteiger charge is -2.30. The fourth-order valence-corrected chi connectivity index (χ4v) is 0.874. The first kappa shape index (κ1) is 12.4. The molecule has 1 atom stereocenters. The summed E-state index contributed by atoms with van der Waals surface area (Å²) >= 11 is 0. The maximum Gasteiger partial charge on any atom is 0.222 e. The van der Waals surface area contributed by atoms with Crippen molar-refractivity contribution < 1.29 is 9.90 Å². The van der Waals surface area contributed by atoms with Crippen LogP contribution in [0.25, 0.3) is 0 Å². The van der Waals surface area contributed by atoms with Crippen molar-refractivity contribution in [3.05, 3.63) is 0 Å². The molecule has 0 aliphatic carbocycles. The van der Waals surface area contributed by atoms with Crippen LogP contribution < -0.4 is 5.32 Å². The van der Waals surface area contributed by atoms with Gasteiger partial charge in [0.25, 0.3) is 0 Å². The Hall–Kier alpha value is -0.570. The molecule has 0 saturated heterocycles. The summed E-state index contributed by atoms with van der Waals surface area (Å²) in [5, 5.41) is 11.9. The van der Waals surface area contributed by atoms with Gasteiger partial charge in [0.15, 0.2) is 0 Å². The maximum absolute atomic E-state index is 11.3. The summed E-state index contributed by atoms with van der Waals surface area (Å²) in [6.07, 6.45) is 0. The van der Waals surface area contributed by atoms with Crippen LogP contribution in [0.1, 0.15) is 34.6 Å². The van der Waals surface area contributed by atoms with Gasteiger partial charge in [0.05, 0.1) is 12.6 Å². The van der Waals surface area contributed by atoms with E-state index in [0.29, 0.717) is 0 Å². The van der Waals surface area contributed by atoms with Crippen LogP contribution >= 0.6 is 0 Å². The lowest BCUT2D eigenvalue weighted by Crippen LogP contribution is -2.47. The zero-order valence-electron chi connectivity index (χ0n) is 9.22. The Morgan fingerprint density at radius 3 is 2.08 bits per heavy atom. The van der Waals surface area contributed by atoms with Crippen LogP contribution in [0.5, 0.6) is 0 Å². The van der Waals surface area contributed by atoms with Gasteiger partial charge in [0, 0.05) is 5.92 Å². The number of aliphatic hydroxyl groups is 1. The number of aliphatic hydroxyl groups excluding tert-OH is 1. The molecule has 0 aromatic rings. The smallest absolute Gasteiger partial charge is 0.222 e. The van der Waals surface area contributed by atoms with E-state index in [9.17, 15) is 4.79 Å². The Balaban J connectivity index is 4.22. The Kier molecular flexibility index (Phi) is 4.40. The van der Waals surface area contributed by atoms with E-state index in [4.69, 9.17) is 5.11 Å². The van der Waals surface area contributed by atoms with Gasteiger partial charge in [-0.15, -0.1) is 0 Å². The summed E-state index contributed by atoms with van der Waals surface area (Å²) in [5.41, 5.74) is -0.0979. The van der Waals surface area contributed by atoms with Gasteiger partial charge in [0.1, 0.15) is 0 Å². The highest BCUT2D eigenvalue weighted by atomic mass is 16.3. The van der Waals surface area contributed by atoms with Crippen molar-refractivity contribution in [2.75, 3.05) is 6.61 Å². The van der Waals surface area contributed by atoms with E-state index < -0.39 is 0 Å². The Bertz CT molecular complexity index is 170. The van der Waals surface area contributed by atoms with E-state index in [1.165, 1.54) is 0 Å². The zero-order valence-corrected chi connectivity index (χ0v) is 9.22. The van der Waals surface area contributed by atoms with Crippen LogP contribution in [0, 0.1) is 11.3 Å². The van der Waals surface area contributed by atoms with Crippen LogP contribution in [0.4, 0.5) is 0 Å². The third-order valence-electron chi connectivity index (χ3n) is 2.07. The molecule has 0 aromatic carbocycles. The number of carbonyl (C=O) groups is 1. The topological polar surface area (TPSA) is 49.3 Å². The highest BCUT2D eigenvalue weighted by Crippen LogP contribution is 2.18. The second-order valence-corrected chi connectivity index (χ2v) is 4.76. The molecule has 2 N–H and O–H groups in total. The van der Waals surface area contributed by atoms with E-state index in [0.717, 1.165) is 0 Å². The molecule has 0 radical (unpaired) electrons. The molecule has 0 spiro atoms. The molecule has 0 rings (SSSR count). The zero-order chi connectivity index (χ0) is 10.6. The van der Waals surface area contributed by atoms with Gasteiger partial charge in [-0.1, -0.05) is 34.6 Å². The lowest BCUT2D eigenvalue weighted by atomic mass is 9.87. The molecule has 13 heavy (non-hydrogen) atoms. The molecule has 0 aromatic heterocycles. The predicted molar refractivity (Wildman–Crippen MR) is 53.3 cm³/mol. The minimum Gasteiger partial charge on any atom is -0.394 e. The minimum absolute atomic E-state index is 0.00558. The quantitative estimate of drug-likeness (QED) is 0.696. The highest BCUT2D eigenvalue weighted by molar-refractivity contribution is 5.78. The van der Waals surface area contributed by atoms with Crippen molar-refractivity contribution in [3.8, 4) is 0 Å². The third-order valence-corrected chi connectivity index (χ3v) is 2.07. The number of amides is 1. The molecule has 0 fully saturated rings. The Morgan fingerprint density at radius 2 is 1.85 bits per heavy atom. The third kappa shape index (κ3) is 4.27. The molecule has 0 saturated carbocycles. The van der Waals surface area contributed by atoms with E-state index in [1.54, 1.807) is 0 Å². The number of rotatable bonds is 3. The standard InChI is InChI=1S/C10H21NO2/c1-7(2)9(13)11-8(6-12)10(3,4)5/h7-8,12H,6H2,1-5H3,(H,11,13)/t8-/m1/s1. The molecule has 0 bridgehead atoms. The fourth-order valence-electron chi connectivity index (χ4n) is 0.874. The largest absolute Gasteiger partial charge is 0.394 e. The van der Waals surface area contributed by atoms with Crippen molar-refractivity contribution in [2.24, 2.45) is 11.3 Å². The summed E-state index contributed by atoms with van der Waals surface area (Å²) in [4.78, 5) is 11.3. The van der Waals surface area contributed by atoms with Crippen LogP contribution in [0.15, 0.2) is 0 Å². The molecule has 0 aliphatic heterocycles. The number of hydrogen-bond acceptors (Lipinski definition) is 2. The van der Waals surface area contributed by atoms with Crippen LogP contribution in [0.3, 0.4) is 0 Å².